The van der Waals surface area contributed by atoms with Gasteiger partial charge in [-0.05, 0) is 47.0 Å². The second-order valence-corrected chi connectivity index (χ2v) is 12.8. The SMILES string of the molecule is COc1cc(-c2ccc(OS(C)(=O)=O)cc2)c(OC)c(NC(C)=O)c1-c1ccc(OCc2ccccc2)c(OS(C)(=O)=O)c1. The van der Waals surface area contributed by atoms with Crippen molar-refractivity contribution in [2.75, 3.05) is 32.0 Å². The zero-order valence-corrected chi connectivity index (χ0v) is 26.2. The Morgan fingerprint density at radius 2 is 1.36 bits per heavy atom. The molecule has 1 N–H and O–H groups in total. The molecule has 1 amide bonds. The van der Waals surface area contributed by atoms with Crippen molar-refractivity contribution in [1.82, 2.24) is 0 Å². The van der Waals surface area contributed by atoms with Crippen LogP contribution in [0.5, 0.6) is 28.7 Å². The fourth-order valence-corrected chi connectivity index (χ4v) is 5.34. The quantitative estimate of drug-likeness (QED) is 0.204. The predicted molar refractivity (Wildman–Crippen MR) is 166 cm³/mol. The molecule has 44 heavy (non-hydrogen) atoms. The van der Waals surface area contributed by atoms with Crippen molar-refractivity contribution in [3.05, 3.63) is 84.4 Å². The average Bonchev–Trinajstić information content (AvgIpc) is 2.95. The van der Waals surface area contributed by atoms with E-state index in [-0.39, 0.29) is 35.3 Å². The standard InChI is InChI=1S/C31H31NO10S2/c1-20(33)32-30-29(23-13-16-26(27(17-23)42-44(5,36)37)40-19-21-9-7-6-8-10-21)28(38-2)18-25(31(30)39-3)22-11-14-24(15-12-22)41-43(4,34)35/h6-18H,19H2,1-5H3,(H,32,33). The van der Waals surface area contributed by atoms with Crippen molar-refractivity contribution in [2.45, 2.75) is 13.5 Å². The first-order valence-electron chi connectivity index (χ1n) is 13.0. The normalized spacial score (nSPS) is 11.4. The summed E-state index contributed by atoms with van der Waals surface area (Å²) < 4.78 is 75.1. The summed E-state index contributed by atoms with van der Waals surface area (Å²) in [6.07, 6.45) is 1.87. The summed E-state index contributed by atoms with van der Waals surface area (Å²) in [7, 11) is -4.79. The number of ether oxygens (including phenoxy) is 3. The van der Waals surface area contributed by atoms with Crippen LogP contribution in [-0.4, -0.2) is 49.5 Å². The van der Waals surface area contributed by atoms with Gasteiger partial charge in [0.2, 0.25) is 5.91 Å². The summed E-state index contributed by atoms with van der Waals surface area (Å²) in [6, 6.07) is 22.0. The van der Waals surface area contributed by atoms with Gasteiger partial charge in [-0.25, -0.2) is 0 Å². The first kappa shape index (κ1) is 32.2. The molecule has 0 saturated heterocycles. The lowest BCUT2D eigenvalue weighted by Gasteiger charge is -2.22. The van der Waals surface area contributed by atoms with Crippen molar-refractivity contribution in [1.29, 1.82) is 0 Å². The molecule has 0 aromatic heterocycles. The first-order chi connectivity index (χ1) is 20.8. The second-order valence-electron chi connectivity index (χ2n) is 9.63. The van der Waals surface area contributed by atoms with Crippen LogP contribution in [0.1, 0.15) is 12.5 Å². The smallest absolute Gasteiger partial charge is 0.306 e. The van der Waals surface area contributed by atoms with Gasteiger partial charge < -0.3 is 27.9 Å². The molecule has 0 unspecified atom stereocenters. The summed E-state index contributed by atoms with van der Waals surface area (Å²) >= 11 is 0. The minimum absolute atomic E-state index is 0.0683. The van der Waals surface area contributed by atoms with Crippen LogP contribution < -0.4 is 27.9 Å². The third-order valence-corrected chi connectivity index (χ3v) is 7.07. The molecule has 0 saturated carbocycles. The maximum absolute atomic E-state index is 12.4. The highest BCUT2D eigenvalue weighted by Crippen LogP contribution is 2.50. The van der Waals surface area contributed by atoms with Gasteiger partial charge in [0.15, 0.2) is 17.2 Å². The summed E-state index contributed by atoms with van der Waals surface area (Å²) in [5.41, 5.74) is 3.04. The molecule has 13 heteroatoms. The van der Waals surface area contributed by atoms with Crippen LogP contribution in [0.3, 0.4) is 0 Å². The molecule has 0 aliphatic carbocycles. The van der Waals surface area contributed by atoms with E-state index in [1.165, 1.54) is 39.3 Å². The Kier molecular flexibility index (Phi) is 9.70. The highest BCUT2D eigenvalue weighted by molar-refractivity contribution is 7.86. The number of anilines is 1. The minimum Gasteiger partial charge on any atom is -0.496 e. The lowest BCUT2D eigenvalue weighted by molar-refractivity contribution is -0.114. The van der Waals surface area contributed by atoms with E-state index in [2.05, 4.69) is 5.32 Å². The van der Waals surface area contributed by atoms with Gasteiger partial charge in [0.1, 0.15) is 18.1 Å². The monoisotopic (exact) mass is 641 g/mol. The van der Waals surface area contributed by atoms with E-state index in [9.17, 15) is 21.6 Å². The van der Waals surface area contributed by atoms with Crippen molar-refractivity contribution in [3.63, 3.8) is 0 Å². The molecule has 232 valence electrons. The Hall–Kier alpha value is -4.75. The third-order valence-electron chi connectivity index (χ3n) is 6.09. The molecule has 4 rings (SSSR count). The van der Waals surface area contributed by atoms with E-state index in [1.54, 1.807) is 30.3 Å². The summed E-state index contributed by atoms with van der Waals surface area (Å²) in [6.45, 7) is 1.50. The fraction of sp³-hybridized carbons (Fsp3) is 0.194. The van der Waals surface area contributed by atoms with Crippen LogP contribution in [0, 0.1) is 0 Å². The Labute approximate surface area is 256 Å². The van der Waals surface area contributed by atoms with Crippen molar-refractivity contribution in [3.8, 4) is 51.0 Å². The highest BCUT2D eigenvalue weighted by atomic mass is 32.2. The van der Waals surface area contributed by atoms with Gasteiger partial charge in [0.25, 0.3) is 0 Å². The van der Waals surface area contributed by atoms with Gasteiger partial charge in [0, 0.05) is 12.5 Å². The second kappa shape index (κ2) is 13.3. The number of carbonyl (C=O) groups excluding carboxylic acids is 1. The van der Waals surface area contributed by atoms with E-state index in [1.807, 2.05) is 30.3 Å². The van der Waals surface area contributed by atoms with E-state index in [0.717, 1.165) is 18.1 Å². The summed E-state index contributed by atoms with van der Waals surface area (Å²) in [4.78, 5) is 12.4. The van der Waals surface area contributed by atoms with Gasteiger partial charge in [-0.15, -0.1) is 0 Å². The minimum atomic E-state index is -3.95. The van der Waals surface area contributed by atoms with Crippen LogP contribution in [0.25, 0.3) is 22.3 Å². The van der Waals surface area contributed by atoms with Gasteiger partial charge >= 0.3 is 20.2 Å². The van der Waals surface area contributed by atoms with Gasteiger partial charge in [-0.2, -0.15) is 16.8 Å². The maximum Gasteiger partial charge on any atom is 0.306 e. The molecule has 4 aromatic carbocycles. The first-order valence-corrected chi connectivity index (χ1v) is 16.7. The molecule has 0 fully saturated rings. The third kappa shape index (κ3) is 8.20. The van der Waals surface area contributed by atoms with Crippen LogP contribution in [-0.2, 0) is 31.6 Å². The molecule has 0 bridgehead atoms. The molecule has 0 spiro atoms. The van der Waals surface area contributed by atoms with Gasteiger partial charge in [-0.3, -0.25) is 4.79 Å². The van der Waals surface area contributed by atoms with E-state index in [4.69, 9.17) is 22.6 Å². The Morgan fingerprint density at radius 3 is 1.93 bits per heavy atom. The molecule has 0 aliphatic rings. The number of benzene rings is 4. The van der Waals surface area contributed by atoms with Crippen LogP contribution in [0.15, 0.2) is 78.9 Å². The molecular weight excluding hydrogens is 610 g/mol. The largest absolute Gasteiger partial charge is 0.496 e. The number of methoxy groups -OCH3 is 2. The number of hydrogen-bond donors (Lipinski definition) is 1. The maximum atomic E-state index is 12.4. The molecular formula is C31H31NO10S2. The van der Waals surface area contributed by atoms with Gasteiger partial charge in [-0.1, -0.05) is 48.5 Å². The lowest BCUT2D eigenvalue weighted by Crippen LogP contribution is -2.11. The molecule has 0 heterocycles. The molecule has 0 atom stereocenters. The van der Waals surface area contributed by atoms with E-state index in [0.29, 0.717) is 28.0 Å². The Morgan fingerprint density at radius 1 is 0.727 bits per heavy atom. The fourth-order valence-electron chi connectivity index (χ4n) is 4.42. The zero-order chi connectivity index (χ0) is 32.1. The Bertz CT molecular complexity index is 1870. The number of hydrogen-bond acceptors (Lipinski definition) is 10. The lowest BCUT2D eigenvalue weighted by atomic mass is 9.95. The number of nitrogens with one attached hydrogen (secondary N) is 1. The number of rotatable bonds is 12. The summed E-state index contributed by atoms with van der Waals surface area (Å²) in [5.74, 6) is 0.404. The topological polar surface area (TPSA) is 144 Å². The molecule has 11 nitrogen and oxygen atoms in total. The average molecular weight is 642 g/mol. The van der Waals surface area contributed by atoms with Crippen molar-refractivity contribution >= 4 is 31.8 Å². The molecule has 0 radical (unpaired) electrons. The van der Waals surface area contributed by atoms with Crippen LogP contribution in [0.4, 0.5) is 5.69 Å². The molecule has 4 aromatic rings. The van der Waals surface area contributed by atoms with Gasteiger partial charge in [0.05, 0.1) is 38.0 Å². The van der Waals surface area contributed by atoms with Crippen molar-refractivity contribution < 1.29 is 44.2 Å². The van der Waals surface area contributed by atoms with Crippen LogP contribution >= 0.6 is 0 Å². The Balaban J connectivity index is 1.87. The van der Waals surface area contributed by atoms with Crippen molar-refractivity contribution in [2.24, 2.45) is 0 Å². The summed E-state index contributed by atoms with van der Waals surface area (Å²) in [5, 5.41) is 2.81. The van der Waals surface area contributed by atoms with E-state index >= 15 is 0 Å². The number of carbonyl (C=O) groups is 1. The molecule has 0 aliphatic heterocycles. The van der Waals surface area contributed by atoms with E-state index < -0.39 is 26.1 Å². The van der Waals surface area contributed by atoms with Crippen LogP contribution in [0.2, 0.25) is 0 Å². The predicted octanol–water partition coefficient (Wildman–Crippen LogP) is 5.25. The number of amides is 1. The zero-order valence-electron chi connectivity index (χ0n) is 24.6. The highest BCUT2D eigenvalue weighted by Gasteiger charge is 2.25.